The van der Waals surface area contributed by atoms with Gasteiger partial charge in [0.25, 0.3) is 0 Å². The fraction of sp³-hybridized carbons (Fsp3) is 0.353. The van der Waals surface area contributed by atoms with Crippen molar-refractivity contribution in [2.24, 2.45) is 0 Å². The van der Waals surface area contributed by atoms with Crippen LogP contribution in [0.5, 0.6) is 5.75 Å². The van der Waals surface area contributed by atoms with E-state index in [1.54, 1.807) is 13.0 Å². The van der Waals surface area contributed by atoms with Crippen molar-refractivity contribution in [3.05, 3.63) is 42.5 Å². The predicted octanol–water partition coefficient (Wildman–Crippen LogP) is 2.25. The molecule has 0 aliphatic carbocycles. The Labute approximate surface area is 126 Å². The third-order valence-electron chi connectivity index (χ3n) is 2.56. The van der Waals surface area contributed by atoms with Crippen molar-refractivity contribution in [1.82, 2.24) is 4.90 Å². The van der Waals surface area contributed by atoms with Crippen LogP contribution in [0.2, 0.25) is 0 Å². The maximum Gasteiger partial charge on any atom is 0.384 e. The Hall–Kier alpha value is -2.25. The second kappa shape index (κ2) is 9.62. The molecule has 4 heteroatoms. The SMILES string of the molecule is C=CCOc1ccc(CN(C)CC#CC(=O)OCC)cc1. The van der Waals surface area contributed by atoms with Crippen LogP contribution < -0.4 is 4.74 Å². The molecule has 0 heterocycles. The molecule has 0 spiro atoms. The van der Waals surface area contributed by atoms with Crippen LogP contribution in [-0.2, 0) is 16.1 Å². The van der Waals surface area contributed by atoms with Crippen molar-refractivity contribution in [2.45, 2.75) is 13.5 Å². The summed E-state index contributed by atoms with van der Waals surface area (Å²) in [7, 11) is 1.95. The maximum atomic E-state index is 11.1. The molecule has 4 nitrogen and oxygen atoms in total. The number of benzene rings is 1. The largest absolute Gasteiger partial charge is 0.490 e. The van der Waals surface area contributed by atoms with Gasteiger partial charge in [0.1, 0.15) is 12.4 Å². The Bertz CT molecular complexity index is 511. The molecule has 1 aromatic rings. The van der Waals surface area contributed by atoms with Crippen LogP contribution >= 0.6 is 0 Å². The molecule has 0 aliphatic rings. The van der Waals surface area contributed by atoms with E-state index in [0.29, 0.717) is 19.8 Å². The number of esters is 1. The lowest BCUT2D eigenvalue weighted by Crippen LogP contribution is -2.18. The smallest absolute Gasteiger partial charge is 0.384 e. The van der Waals surface area contributed by atoms with Crippen molar-refractivity contribution in [1.29, 1.82) is 0 Å². The van der Waals surface area contributed by atoms with Crippen molar-refractivity contribution >= 4 is 5.97 Å². The van der Waals surface area contributed by atoms with E-state index >= 15 is 0 Å². The number of nitrogens with zero attached hydrogens (tertiary/aromatic N) is 1. The van der Waals surface area contributed by atoms with Gasteiger partial charge >= 0.3 is 5.97 Å². The predicted molar refractivity (Wildman–Crippen MR) is 82.9 cm³/mol. The topological polar surface area (TPSA) is 38.8 Å². The zero-order valence-electron chi connectivity index (χ0n) is 12.6. The summed E-state index contributed by atoms with van der Waals surface area (Å²) in [6, 6.07) is 7.87. The molecular weight excluding hydrogens is 266 g/mol. The van der Waals surface area contributed by atoms with Crippen LogP contribution in [0.25, 0.3) is 0 Å². The molecular formula is C17H21NO3. The zero-order chi connectivity index (χ0) is 15.5. The van der Waals surface area contributed by atoms with Crippen molar-refractivity contribution in [3.63, 3.8) is 0 Å². The fourth-order valence-electron chi connectivity index (χ4n) is 1.63. The van der Waals surface area contributed by atoms with Crippen LogP contribution in [-0.4, -0.2) is 37.7 Å². The van der Waals surface area contributed by atoms with Gasteiger partial charge in [0.15, 0.2) is 0 Å². The lowest BCUT2D eigenvalue weighted by atomic mass is 10.2. The Balaban J connectivity index is 2.42. The Morgan fingerprint density at radius 1 is 1.38 bits per heavy atom. The van der Waals surface area contributed by atoms with Crippen molar-refractivity contribution in [3.8, 4) is 17.6 Å². The van der Waals surface area contributed by atoms with E-state index in [4.69, 9.17) is 9.47 Å². The average Bonchev–Trinajstić information content (AvgIpc) is 2.47. The molecule has 0 unspecified atom stereocenters. The summed E-state index contributed by atoms with van der Waals surface area (Å²) in [4.78, 5) is 13.1. The third kappa shape index (κ3) is 7.19. The van der Waals surface area contributed by atoms with E-state index in [2.05, 4.69) is 18.4 Å². The van der Waals surface area contributed by atoms with Gasteiger partial charge in [0.2, 0.25) is 0 Å². The Kier molecular flexibility index (Phi) is 7.70. The molecule has 0 aromatic heterocycles. The molecule has 1 rings (SSSR count). The van der Waals surface area contributed by atoms with Gasteiger partial charge in [0.05, 0.1) is 13.2 Å². The van der Waals surface area contributed by atoms with Crippen LogP contribution in [0.4, 0.5) is 0 Å². The lowest BCUT2D eigenvalue weighted by Gasteiger charge is -2.13. The highest BCUT2D eigenvalue weighted by Crippen LogP contribution is 2.13. The Morgan fingerprint density at radius 2 is 2.10 bits per heavy atom. The first-order valence-corrected chi connectivity index (χ1v) is 6.82. The minimum absolute atomic E-state index is 0.351. The first-order valence-electron chi connectivity index (χ1n) is 6.82. The van der Waals surface area contributed by atoms with Gasteiger partial charge in [-0.05, 0) is 31.7 Å². The van der Waals surface area contributed by atoms with Crippen molar-refractivity contribution in [2.75, 3.05) is 26.8 Å². The second-order valence-corrected chi connectivity index (χ2v) is 4.44. The number of ether oxygens (including phenoxy) is 2. The molecule has 0 amide bonds. The van der Waals surface area contributed by atoms with Gasteiger partial charge in [-0.1, -0.05) is 30.7 Å². The van der Waals surface area contributed by atoms with Gasteiger partial charge in [-0.25, -0.2) is 4.79 Å². The highest BCUT2D eigenvalue weighted by molar-refractivity contribution is 5.88. The average molecular weight is 287 g/mol. The molecule has 0 saturated heterocycles. The van der Waals surface area contributed by atoms with Gasteiger partial charge in [0, 0.05) is 12.5 Å². The summed E-state index contributed by atoms with van der Waals surface area (Å²) < 4.78 is 10.2. The van der Waals surface area contributed by atoms with E-state index in [9.17, 15) is 4.79 Å². The molecule has 21 heavy (non-hydrogen) atoms. The van der Waals surface area contributed by atoms with E-state index < -0.39 is 5.97 Å². The van der Waals surface area contributed by atoms with Crippen LogP contribution in [0.15, 0.2) is 36.9 Å². The summed E-state index contributed by atoms with van der Waals surface area (Å²) >= 11 is 0. The first kappa shape index (κ1) is 16.8. The summed E-state index contributed by atoms with van der Waals surface area (Å²) in [6.45, 7) is 7.48. The molecule has 0 atom stereocenters. The highest BCUT2D eigenvalue weighted by atomic mass is 16.5. The second-order valence-electron chi connectivity index (χ2n) is 4.44. The molecule has 0 radical (unpaired) electrons. The molecule has 0 N–H and O–H groups in total. The number of carbonyl (C=O) groups is 1. The third-order valence-corrected chi connectivity index (χ3v) is 2.56. The minimum atomic E-state index is -0.477. The van der Waals surface area contributed by atoms with Crippen LogP contribution in [0.1, 0.15) is 12.5 Å². The first-order chi connectivity index (χ1) is 10.2. The molecule has 0 fully saturated rings. The zero-order valence-corrected chi connectivity index (χ0v) is 12.6. The van der Waals surface area contributed by atoms with Crippen LogP contribution in [0.3, 0.4) is 0 Å². The van der Waals surface area contributed by atoms with Gasteiger partial charge < -0.3 is 9.47 Å². The standard InChI is InChI=1S/C17H21NO3/c1-4-13-21-16-10-8-15(9-11-16)14-18(3)12-6-7-17(19)20-5-2/h4,8-11H,1,5,12-14H2,2-3H3. The summed E-state index contributed by atoms with van der Waals surface area (Å²) in [5, 5.41) is 0. The Morgan fingerprint density at radius 3 is 2.71 bits per heavy atom. The quantitative estimate of drug-likeness (QED) is 0.334. The van der Waals surface area contributed by atoms with E-state index in [1.807, 2.05) is 36.2 Å². The molecule has 112 valence electrons. The maximum absolute atomic E-state index is 11.1. The van der Waals surface area contributed by atoms with Crippen LogP contribution in [0, 0.1) is 11.8 Å². The lowest BCUT2D eigenvalue weighted by molar-refractivity contribution is -0.136. The monoisotopic (exact) mass is 287 g/mol. The van der Waals surface area contributed by atoms with Gasteiger partial charge in [-0.2, -0.15) is 0 Å². The van der Waals surface area contributed by atoms with Gasteiger partial charge in [-0.15, -0.1) is 0 Å². The molecule has 0 aliphatic heterocycles. The van der Waals surface area contributed by atoms with Gasteiger partial charge in [-0.3, -0.25) is 4.90 Å². The molecule has 1 aromatic carbocycles. The van der Waals surface area contributed by atoms with Crippen molar-refractivity contribution < 1.29 is 14.3 Å². The van der Waals surface area contributed by atoms with E-state index in [1.165, 1.54) is 0 Å². The summed E-state index contributed by atoms with van der Waals surface area (Å²) in [5.74, 6) is 5.59. The number of carbonyl (C=O) groups excluding carboxylic acids is 1. The summed E-state index contributed by atoms with van der Waals surface area (Å²) in [5.41, 5.74) is 1.15. The van der Waals surface area contributed by atoms with E-state index in [0.717, 1.165) is 17.9 Å². The number of hydrogen-bond donors (Lipinski definition) is 0. The summed E-state index contributed by atoms with van der Waals surface area (Å²) in [6.07, 6.45) is 1.71. The number of rotatable bonds is 7. The minimum Gasteiger partial charge on any atom is -0.490 e. The van der Waals surface area contributed by atoms with E-state index in [-0.39, 0.29) is 0 Å². The normalized spacial score (nSPS) is 9.67. The molecule has 0 bridgehead atoms. The number of hydrogen-bond acceptors (Lipinski definition) is 4. The fourth-order valence-corrected chi connectivity index (χ4v) is 1.63. The molecule has 0 saturated carbocycles. The highest BCUT2D eigenvalue weighted by Gasteiger charge is 2.00.